The van der Waals surface area contributed by atoms with E-state index in [0.717, 1.165) is 12.8 Å². The molecule has 0 saturated heterocycles. The Morgan fingerprint density at radius 1 is 1.27 bits per heavy atom. The topological polar surface area (TPSA) is 57.8 Å². The Balaban J connectivity index is 1.55. The minimum absolute atomic E-state index is 0.101. The number of rotatable bonds is 2. The lowest BCUT2D eigenvalue weighted by atomic mass is 10.1. The molecule has 0 spiro atoms. The Morgan fingerprint density at radius 3 is 3.00 bits per heavy atom. The second-order valence-corrected chi connectivity index (χ2v) is 5.92. The zero-order chi connectivity index (χ0) is 15.1. The Kier molecular flexibility index (Phi) is 2.96. The first kappa shape index (κ1) is 13.1. The number of pyridine rings is 1. The summed E-state index contributed by atoms with van der Waals surface area (Å²) in [6, 6.07) is 12.0. The number of nitrogens with zero attached hydrogens (tertiary/aromatic N) is 1. The molecule has 2 N–H and O–H groups in total. The van der Waals surface area contributed by atoms with Gasteiger partial charge in [-0.2, -0.15) is 0 Å². The maximum absolute atomic E-state index is 12.2. The number of aromatic amines is 1. The summed E-state index contributed by atoms with van der Waals surface area (Å²) in [7, 11) is 0. The highest BCUT2D eigenvalue weighted by Gasteiger charge is 2.27. The number of amides is 1. The van der Waals surface area contributed by atoms with Gasteiger partial charge < -0.3 is 10.3 Å². The first-order chi connectivity index (χ1) is 10.7. The third kappa shape index (κ3) is 2.17. The molecule has 1 aliphatic carbocycles. The lowest BCUT2D eigenvalue weighted by Crippen LogP contribution is -2.35. The van der Waals surface area contributed by atoms with Crippen molar-refractivity contribution < 1.29 is 4.79 Å². The fourth-order valence-electron chi connectivity index (χ4n) is 3.25. The van der Waals surface area contributed by atoms with E-state index in [9.17, 15) is 4.79 Å². The zero-order valence-electron chi connectivity index (χ0n) is 12.4. The van der Waals surface area contributed by atoms with E-state index < -0.39 is 0 Å². The van der Waals surface area contributed by atoms with Gasteiger partial charge >= 0.3 is 0 Å². The standard InChI is InChI=1S/C18H17N3O/c1-11-5-6-15-13(8-11)14-9-12(10-17(14)21-15)20-18(22)16-4-2-3-7-19-16/h2-8,12,21H,9-10H2,1H3,(H,20,22). The van der Waals surface area contributed by atoms with E-state index in [1.54, 1.807) is 12.3 Å². The molecule has 0 saturated carbocycles. The summed E-state index contributed by atoms with van der Waals surface area (Å²) in [6.07, 6.45) is 3.36. The first-order valence-corrected chi connectivity index (χ1v) is 7.52. The Bertz CT molecular complexity index is 851. The fraction of sp³-hybridized carbons (Fsp3) is 0.222. The number of fused-ring (bicyclic) bond motifs is 3. The first-order valence-electron chi connectivity index (χ1n) is 7.52. The van der Waals surface area contributed by atoms with Gasteiger partial charge in [-0.1, -0.05) is 17.7 Å². The van der Waals surface area contributed by atoms with Crippen LogP contribution in [0.25, 0.3) is 10.9 Å². The second kappa shape index (κ2) is 4.98. The molecule has 4 heteroatoms. The van der Waals surface area contributed by atoms with E-state index in [2.05, 4.69) is 40.4 Å². The van der Waals surface area contributed by atoms with E-state index in [1.807, 2.05) is 12.1 Å². The van der Waals surface area contributed by atoms with Crippen molar-refractivity contribution in [1.29, 1.82) is 0 Å². The summed E-state index contributed by atoms with van der Waals surface area (Å²) >= 11 is 0. The van der Waals surface area contributed by atoms with Crippen LogP contribution in [0.4, 0.5) is 0 Å². The number of hydrogen-bond acceptors (Lipinski definition) is 2. The molecule has 0 bridgehead atoms. The average molecular weight is 291 g/mol. The van der Waals surface area contributed by atoms with Crippen LogP contribution in [0.1, 0.15) is 27.3 Å². The lowest BCUT2D eigenvalue weighted by molar-refractivity contribution is 0.0933. The van der Waals surface area contributed by atoms with Gasteiger partial charge in [0.1, 0.15) is 5.69 Å². The summed E-state index contributed by atoms with van der Waals surface area (Å²) in [4.78, 5) is 19.8. The van der Waals surface area contributed by atoms with Crippen molar-refractivity contribution in [1.82, 2.24) is 15.3 Å². The highest BCUT2D eigenvalue weighted by Crippen LogP contribution is 2.30. The molecule has 1 aliphatic rings. The van der Waals surface area contributed by atoms with Crippen molar-refractivity contribution in [3.8, 4) is 0 Å². The Labute approximate surface area is 128 Å². The van der Waals surface area contributed by atoms with Gasteiger partial charge in [-0.3, -0.25) is 9.78 Å². The number of aryl methyl sites for hydroxylation is 1. The number of carbonyl (C=O) groups is 1. The maximum Gasteiger partial charge on any atom is 0.270 e. The third-order valence-electron chi connectivity index (χ3n) is 4.28. The molecule has 1 atom stereocenters. The molecular weight excluding hydrogens is 274 g/mol. The molecular formula is C18H17N3O. The third-order valence-corrected chi connectivity index (χ3v) is 4.28. The molecule has 4 nitrogen and oxygen atoms in total. The highest BCUT2D eigenvalue weighted by atomic mass is 16.1. The fourth-order valence-corrected chi connectivity index (χ4v) is 3.25. The molecule has 110 valence electrons. The monoisotopic (exact) mass is 291 g/mol. The maximum atomic E-state index is 12.2. The quantitative estimate of drug-likeness (QED) is 0.763. The van der Waals surface area contributed by atoms with Crippen LogP contribution in [-0.4, -0.2) is 21.9 Å². The highest BCUT2D eigenvalue weighted by molar-refractivity contribution is 5.93. The molecule has 0 aliphatic heterocycles. The van der Waals surface area contributed by atoms with Gasteiger partial charge in [0.15, 0.2) is 0 Å². The number of H-pyrrole nitrogens is 1. The Hall–Kier alpha value is -2.62. The Morgan fingerprint density at radius 2 is 2.18 bits per heavy atom. The van der Waals surface area contributed by atoms with Crippen LogP contribution in [0.2, 0.25) is 0 Å². The molecule has 0 fully saturated rings. The van der Waals surface area contributed by atoms with Crippen LogP contribution in [0.15, 0.2) is 42.6 Å². The molecule has 1 amide bonds. The minimum Gasteiger partial charge on any atom is -0.358 e. The van der Waals surface area contributed by atoms with Crippen molar-refractivity contribution in [3.05, 3.63) is 65.1 Å². The van der Waals surface area contributed by atoms with Gasteiger partial charge in [-0.25, -0.2) is 0 Å². The average Bonchev–Trinajstić information content (AvgIpc) is 3.05. The van der Waals surface area contributed by atoms with Gasteiger partial charge in [0.05, 0.1) is 0 Å². The number of hydrogen-bond donors (Lipinski definition) is 2. The molecule has 22 heavy (non-hydrogen) atoms. The van der Waals surface area contributed by atoms with Crippen molar-refractivity contribution >= 4 is 16.8 Å². The van der Waals surface area contributed by atoms with E-state index in [1.165, 1.54) is 27.7 Å². The predicted octanol–water partition coefficient (Wildman–Crippen LogP) is 2.77. The van der Waals surface area contributed by atoms with Crippen molar-refractivity contribution in [2.75, 3.05) is 0 Å². The zero-order valence-corrected chi connectivity index (χ0v) is 12.4. The number of nitrogens with one attached hydrogen (secondary N) is 2. The van der Waals surface area contributed by atoms with Crippen molar-refractivity contribution in [2.45, 2.75) is 25.8 Å². The van der Waals surface area contributed by atoms with Gasteiger partial charge in [0.2, 0.25) is 0 Å². The predicted molar refractivity (Wildman–Crippen MR) is 85.9 cm³/mol. The van der Waals surface area contributed by atoms with E-state index in [4.69, 9.17) is 0 Å². The summed E-state index contributed by atoms with van der Waals surface area (Å²) < 4.78 is 0. The van der Waals surface area contributed by atoms with Crippen molar-refractivity contribution in [3.63, 3.8) is 0 Å². The largest absolute Gasteiger partial charge is 0.358 e. The van der Waals surface area contributed by atoms with Gasteiger partial charge in [0.25, 0.3) is 5.91 Å². The van der Waals surface area contributed by atoms with Gasteiger partial charge in [-0.15, -0.1) is 0 Å². The summed E-state index contributed by atoms with van der Waals surface area (Å²) in [5.74, 6) is -0.101. The second-order valence-electron chi connectivity index (χ2n) is 5.92. The molecule has 3 aromatic rings. The van der Waals surface area contributed by atoms with Crippen LogP contribution in [0.5, 0.6) is 0 Å². The number of carbonyl (C=O) groups excluding carboxylic acids is 1. The van der Waals surface area contributed by atoms with Crippen LogP contribution in [0, 0.1) is 6.92 Å². The van der Waals surface area contributed by atoms with Crippen LogP contribution >= 0.6 is 0 Å². The van der Waals surface area contributed by atoms with Crippen molar-refractivity contribution in [2.24, 2.45) is 0 Å². The number of benzene rings is 1. The minimum atomic E-state index is -0.101. The molecule has 4 rings (SSSR count). The normalized spacial score (nSPS) is 16.7. The SMILES string of the molecule is Cc1ccc2[nH]c3c(c2c1)CC(NC(=O)c1ccccn1)C3. The van der Waals surface area contributed by atoms with E-state index in [-0.39, 0.29) is 11.9 Å². The van der Waals surface area contributed by atoms with E-state index >= 15 is 0 Å². The smallest absolute Gasteiger partial charge is 0.270 e. The summed E-state index contributed by atoms with van der Waals surface area (Å²) in [5.41, 5.74) is 5.50. The molecule has 1 unspecified atom stereocenters. The lowest BCUT2D eigenvalue weighted by Gasteiger charge is -2.12. The van der Waals surface area contributed by atoms with Gasteiger partial charge in [0, 0.05) is 35.3 Å². The number of aromatic nitrogens is 2. The molecule has 0 radical (unpaired) electrons. The van der Waals surface area contributed by atoms with Crippen LogP contribution in [-0.2, 0) is 12.8 Å². The molecule has 2 heterocycles. The summed E-state index contributed by atoms with van der Waals surface area (Å²) in [5, 5.41) is 4.37. The van der Waals surface area contributed by atoms with E-state index in [0.29, 0.717) is 5.69 Å². The van der Waals surface area contributed by atoms with Crippen LogP contribution in [0.3, 0.4) is 0 Å². The molecule has 1 aromatic carbocycles. The summed E-state index contributed by atoms with van der Waals surface area (Å²) in [6.45, 7) is 2.11. The van der Waals surface area contributed by atoms with Crippen LogP contribution < -0.4 is 5.32 Å². The van der Waals surface area contributed by atoms with Gasteiger partial charge in [-0.05, 0) is 43.2 Å². The molecule has 2 aromatic heterocycles.